The molecule has 0 aliphatic carbocycles. The van der Waals surface area contributed by atoms with Gasteiger partial charge in [0.2, 0.25) is 0 Å². The molecule has 78 valence electrons. The molecule has 0 amide bonds. The van der Waals surface area contributed by atoms with Gasteiger partial charge >= 0.3 is 51.4 Å². The molecule has 0 N–H and O–H groups in total. The first-order valence-corrected chi connectivity index (χ1v) is 5.22. The molecular weight excluding hydrogens is 251 g/mol. The van der Waals surface area contributed by atoms with Crippen LogP contribution in [-0.2, 0) is 28.4 Å². The van der Waals surface area contributed by atoms with E-state index in [-0.39, 0.29) is 58.0 Å². The fraction of sp³-hybridized carbons (Fsp3) is 0.571. The number of hydrogen-bond acceptors (Lipinski definition) is 6. The summed E-state index contributed by atoms with van der Waals surface area (Å²) in [5.41, 5.74) is 0. The van der Waals surface area contributed by atoms with E-state index in [4.69, 9.17) is 0 Å². The maximum Gasteiger partial charge on any atom is 1.00 e. The van der Waals surface area contributed by atoms with Crippen LogP contribution in [0.15, 0.2) is 12.2 Å². The minimum atomic E-state index is -2.35. The van der Waals surface area contributed by atoms with Crippen molar-refractivity contribution >= 4 is 29.9 Å². The third-order valence-electron chi connectivity index (χ3n) is 0.753. The zero-order chi connectivity index (χ0) is 10.5. The number of aldehydes is 1. The monoisotopic (exact) mass is 264 g/mol. The second kappa shape index (κ2) is 19.8. The normalized spacial score (nSPS) is 9.07. The van der Waals surface area contributed by atoms with Gasteiger partial charge in [0.15, 0.2) is 0 Å². The zero-order valence-electron chi connectivity index (χ0n) is 8.34. The molecule has 0 saturated heterocycles. The molecule has 0 aromatic heterocycles. The summed E-state index contributed by atoms with van der Waals surface area (Å²) in [5.74, 6) is 0.650. The van der Waals surface area contributed by atoms with Gasteiger partial charge < -0.3 is 12.6 Å². The summed E-state index contributed by atoms with van der Waals surface area (Å²) in [4.78, 5) is 9.32. The van der Waals surface area contributed by atoms with E-state index in [1.165, 1.54) is 6.08 Å². The first-order chi connectivity index (χ1) is 6.18. The fourth-order valence-corrected chi connectivity index (χ4v) is 0.653. The van der Waals surface area contributed by atoms with Crippen molar-refractivity contribution in [3.8, 4) is 0 Å². The van der Waals surface area contributed by atoms with E-state index >= 15 is 0 Å². The minimum Gasteiger partial charge on any atom is -0.424 e. The number of hydrogen-bond donors (Lipinski definition) is 1. The maximum absolute atomic E-state index is 9.63. The third-order valence-corrected chi connectivity index (χ3v) is 1.43. The van der Waals surface area contributed by atoms with Crippen LogP contribution in [0.5, 0.6) is 0 Å². The van der Waals surface area contributed by atoms with Gasteiger partial charge in [0, 0.05) is 6.61 Å². The van der Waals surface area contributed by atoms with Crippen molar-refractivity contribution in [3.05, 3.63) is 12.2 Å². The number of thiol groups is 1. The molecule has 0 bridgehead atoms. The third kappa shape index (κ3) is 29.2. The van der Waals surface area contributed by atoms with Gasteiger partial charge in [-0.1, -0.05) is 6.08 Å². The largest absolute Gasteiger partial charge is 1.00 e. The molecule has 4 nitrogen and oxygen atoms in total. The summed E-state index contributed by atoms with van der Waals surface area (Å²) in [5, 5.41) is 0. The molecule has 0 aromatic carbocycles. The van der Waals surface area contributed by atoms with E-state index in [0.717, 1.165) is 6.29 Å². The molecule has 0 fully saturated rings. The Morgan fingerprint density at radius 2 is 2.00 bits per heavy atom. The second-order valence-corrected chi connectivity index (χ2v) is 2.86. The average molecular weight is 264 g/mol. The predicted octanol–water partition coefficient (Wildman–Crippen LogP) is -1.69. The first-order valence-electron chi connectivity index (χ1n) is 3.58. The van der Waals surface area contributed by atoms with E-state index in [0.29, 0.717) is 12.2 Å². The SMILES string of the molecule is CC=CC=O.O=[S-](=O)OCCCS.[K+]. The van der Waals surface area contributed by atoms with E-state index in [2.05, 4.69) is 16.8 Å². The van der Waals surface area contributed by atoms with E-state index in [1.54, 1.807) is 13.0 Å². The van der Waals surface area contributed by atoms with Crippen LogP contribution in [-0.4, -0.2) is 18.6 Å². The number of allylic oxidation sites excluding steroid dienone is 2. The fourth-order valence-electron chi connectivity index (χ4n) is 0.270. The van der Waals surface area contributed by atoms with Crippen LogP contribution < -0.4 is 51.4 Å². The van der Waals surface area contributed by atoms with Gasteiger partial charge in [0.05, 0.1) is 11.0 Å². The Hall–Kier alpha value is 1.31. The Labute approximate surface area is 134 Å². The number of rotatable bonds is 5. The molecule has 7 heteroatoms. The van der Waals surface area contributed by atoms with Crippen LogP contribution in [0.25, 0.3) is 0 Å². The van der Waals surface area contributed by atoms with E-state index in [9.17, 15) is 13.2 Å². The molecule has 0 atom stereocenters. The summed E-state index contributed by atoms with van der Waals surface area (Å²) in [6.07, 6.45) is 4.55. The molecule has 0 heterocycles. The van der Waals surface area contributed by atoms with Crippen molar-refractivity contribution in [1.29, 1.82) is 0 Å². The van der Waals surface area contributed by atoms with Crippen molar-refractivity contribution < 1.29 is 68.8 Å². The maximum atomic E-state index is 9.63. The Balaban J connectivity index is -0.000000177. The van der Waals surface area contributed by atoms with E-state index < -0.39 is 11.0 Å². The number of carbonyl (C=O) groups is 1. The number of carbonyl (C=O) groups excluding carboxylic acids is 1. The van der Waals surface area contributed by atoms with Crippen LogP contribution in [0, 0.1) is 0 Å². The smallest absolute Gasteiger partial charge is 0.424 e. The summed E-state index contributed by atoms with van der Waals surface area (Å²) in [7, 11) is -2.35. The van der Waals surface area contributed by atoms with Gasteiger partial charge in [-0.05, 0) is 25.2 Å². The summed E-state index contributed by atoms with van der Waals surface area (Å²) < 4.78 is 23.4. The average Bonchev–Trinajstić information content (AvgIpc) is 2.07. The van der Waals surface area contributed by atoms with Crippen LogP contribution in [0.4, 0.5) is 0 Å². The standard InChI is InChI=1S/C4H6O.C3H7O3S2.K/c1-2-3-4-5;4-8(5)6-2-1-3-7;/h2-4H,1H3;7H,1-3H2;/q;-1;+1. The minimum absolute atomic E-state index is 0. The molecular formula is C7H13KO4S2. The quantitative estimate of drug-likeness (QED) is 0.161. The Bertz CT molecular complexity index is 196. The first kappa shape index (κ1) is 20.7. The zero-order valence-corrected chi connectivity index (χ0v) is 13.2. The molecule has 0 unspecified atom stereocenters. The predicted molar refractivity (Wildman–Crippen MR) is 54.0 cm³/mol. The molecule has 0 aromatic rings. The van der Waals surface area contributed by atoms with E-state index in [1.807, 2.05) is 0 Å². The Morgan fingerprint density at radius 1 is 1.43 bits per heavy atom. The van der Waals surface area contributed by atoms with Crippen molar-refractivity contribution in [2.24, 2.45) is 0 Å². The van der Waals surface area contributed by atoms with Crippen molar-refractivity contribution in [2.45, 2.75) is 13.3 Å². The summed E-state index contributed by atoms with van der Waals surface area (Å²) in [6, 6.07) is 0. The van der Waals surface area contributed by atoms with Gasteiger partial charge in [-0.15, -0.1) is 0 Å². The molecule has 0 saturated carbocycles. The van der Waals surface area contributed by atoms with Crippen LogP contribution in [0.2, 0.25) is 0 Å². The van der Waals surface area contributed by atoms with Gasteiger partial charge in [-0.25, -0.2) is 0 Å². The van der Waals surface area contributed by atoms with Gasteiger partial charge in [0.25, 0.3) is 0 Å². The topological polar surface area (TPSA) is 60.4 Å². The molecule has 14 heavy (non-hydrogen) atoms. The van der Waals surface area contributed by atoms with Gasteiger partial charge in [0.1, 0.15) is 6.29 Å². The van der Waals surface area contributed by atoms with Crippen molar-refractivity contribution in [1.82, 2.24) is 0 Å². The van der Waals surface area contributed by atoms with Gasteiger partial charge in [-0.2, -0.15) is 12.6 Å². The van der Waals surface area contributed by atoms with Crippen LogP contribution in [0.1, 0.15) is 13.3 Å². The molecule has 0 rings (SSSR count). The van der Waals surface area contributed by atoms with Gasteiger partial charge in [-0.3, -0.25) is 4.79 Å². The molecule has 0 aliphatic heterocycles. The van der Waals surface area contributed by atoms with Crippen molar-refractivity contribution in [3.63, 3.8) is 0 Å². The summed E-state index contributed by atoms with van der Waals surface area (Å²) in [6.45, 7) is 2.04. The van der Waals surface area contributed by atoms with Crippen LogP contribution in [0.3, 0.4) is 0 Å². The molecule has 0 spiro atoms. The molecule has 0 aliphatic rings. The van der Waals surface area contributed by atoms with Crippen molar-refractivity contribution in [2.75, 3.05) is 12.4 Å². The Morgan fingerprint density at radius 3 is 2.21 bits per heavy atom. The second-order valence-electron chi connectivity index (χ2n) is 1.77. The Kier molecular flexibility index (Phi) is 29.3. The molecule has 0 radical (unpaired) electrons. The van der Waals surface area contributed by atoms with Crippen LogP contribution >= 0.6 is 12.6 Å². The summed E-state index contributed by atoms with van der Waals surface area (Å²) >= 11 is 3.84.